The van der Waals surface area contributed by atoms with Crippen molar-refractivity contribution in [3.63, 3.8) is 0 Å². The maximum Gasteiger partial charge on any atom is 0.230 e. The number of thiazole rings is 1. The van der Waals surface area contributed by atoms with Gasteiger partial charge in [0.2, 0.25) is 5.91 Å². The molecule has 1 N–H and O–H groups in total. The highest BCUT2D eigenvalue weighted by Gasteiger charge is 2.13. The van der Waals surface area contributed by atoms with Gasteiger partial charge in [0.25, 0.3) is 0 Å². The number of aromatic nitrogens is 4. The minimum atomic E-state index is -0.0219. The van der Waals surface area contributed by atoms with Crippen LogP contribution in [0, 0.1) is 13.8 Å². The summed E-state index contributed by atoms with van der Waals surface area (Å²) in [5, 5.41) is 15.3. The van der Waals surface area contributed by atoms with Crippen molar-refractivity contribution >= 4 is 40.3 Å². The van der Waals surface area contributed by atoms with Crippen LogP contribution in [0.2, 0.25) is 0 Å². The zero-order chi connectivity index (χ0) is 20.9. The molecule has 0 spiro atoms. The first-order valence-electron chi connectivity index (χ1n) is 9.43. The fourth-order valence-electron chi connectivity index (χ4n) is 2.87. The van der Waals surface area contributed by atoms with Crippen LogP contribution >= 0.6 is 34.4 Å². The van der Waals surface area contributed by atoms with Crippen LogP contribution in [0.3, 0.4) is 0 Å². The highest BCUT2D eigenvalue weighted by molar-refractivity contribution is 7.99. The molecule has 0 atom stereocenters. The number of hydrogen-bond donors (Lipinski definition) is 1. The van der Waals surface area contributed by atoms with Gasteiger partial charge >= 0.3 is 0 Å². The summed E-state index contributed by atoms with van der Waals surface area (Å²) in [5.41, 5.74) is 2.18. The van der Waals surface area contributed by atoms with Gasteiger partial charge in [-0.25, -0.2) is 4.98 Å². The van der Waals surface area contributed by atoms with Crippen LogP contribution in [0.5, 0.6) is 0 Å². The van der Waals surface area contributed by atoms with Gasteiger partial charge in [0, 0.05) is 10.3 Å². The topological polar surface area (TPSA) is 72.7 Å². The Labute approximate surface area is 187 Å². The van der Waals surface area contributed by atoms with Gasteiger partial charge in [-0.2, -0.15) is 0 Å². The van der Waals surface area contributed by atoms with Crippen molar-refractivity contribution in [3.8, 4) is 10.6 Å². The highest BCUT2D eigenvalue weighted by Crippen LogP contribution is 2.29. The van der Waals surface area contributed by atoms with E-state index < -0.39 is 0 Å². The number of hydrogen-bond acceptors (Lipinski definition) is 7. The molecule has 0 bridgehead atoms. The number of thioether (sulfide) groups is 1. The van der Waals surface area contributed by atoms with E-state index in [4.69, 9.17) is 0 Å². The molecule has 3 aromatic heterocycles. The van der Waals surface area contributed by atoms with Crippen LogP contribution in [-0.2, 0) is 17.9 Å². The summed E-state index contributed by atoms with van der Waals surface area (Å²) in [6.45, 7) is 5.14. The predicted octanol–water partition coefficient (Wildman–Crippen LogP) is 4.54. The quantitative estimate of drug-likeness (QED) is 0.395. The molecule has 0 aliphatic heterocycles. The van der Waals surface area contributed by atoms with Gasteiger partial charge in [0.15, 0.2) is 5.16 Å². The molecule has 4 rings (SSSR count). The summed E-state index contributed by atoms with van der Waals surface area (Å²) >= 11 is 4.71. The summed E-state index contributed by atoms with van der Waals surface area (Å²) in [6, 6.07) is 14.3. The zero-order valence-corrected chi connectivity index (χ0v) is 19.1. The molecular formula is C21H21N5OS3. The average Bonchev–Trinajstić information content (AvgIpc) is 3.47. The number of aryl methyl sites for hydroxylation is 2. The number of benzene rings is 1. The number of carbonyl (C=O) groups excluding carboxylic acids is 1. The Morgan fingerprint density at radius 1 is 1.13 bits per heavy atom. The molecule has 0 saturated heterocycles. The van der Waals surface area contributed by atoms with Crippen molar-refractivity contribution in [3.05, 3.63) is 69.1 Å². The van der Waals surface area contributed by atoms with Crippen molar-refractivity contribution in [1.29, 1.82) is 0 Å². The average molecular weight is 456 g/mol. The van der Waals surface area contributed by atoms with E-state index in [9.17, 15) is 4.79 Å². The SMILES string of the molecule is Cc1nc(-c2ccc(CNC(=O)CSc3nnc(C)n3Cc3ccccc3)s2)cs1. The van der Waals surface area contributed by atoms with Crippen molar-refractivity contribution in [1.82, 2.24) is 25.1 Å². The molecule has 1 amide bonds. The van der Waals surface area contributed by atoms with E-state index in [1.165, 1.54) is 17.3 Å². The lowest BCUT2D eigenvalue weighted by atomic mass is 10.2. The second kappa shape index (κ2) is 9.55. The third-order valence-electron chi connectivity index (χ3n) is 4.41. The van der Waals surface area contributed by atoms with E-state index in [-0.39, 0.29) is 5.91 Å². The van der Waals surface area contributed by atoms with Crippen LogP contribution in [0.25, 0.3) is 10.6 Å². The maximum absolute atomic E-state index is 12.4. The summed E-state index contributed by atoms with van der Waals surface area (Å²) in [5.74, 6) is 1.12. The smallest absolute Gasteiger partial charge is 0.230 e. The number of amides is 1. The van der Waals surface area contributed by atoms with Crippen molar-refractivity contribution in [2.45, 2.75) is 32.1 Å². The van der Waals surface area contributed by atoms with Crippen LogP contribution < -0.4 is 5.32 Å². The van der Waals surface area contributed by atoms with E-state index >= 15 is 0 Å². The molecule has 0 unspecified atom stereocenters. The minimum Gasteiger partial charge on any atom is -0.350 e. The van der Waals surface area contributed by atoms with Gasteiger partial charge in [-0.15, -0.1) is 32.9 Å². The zero-order valence-electron chi connectivity index (χ0n) is 16.7. The lowest BCUT2D eigenvalue weighted by Gasteiger charge is -2.08. The van der Waals surface area contributed by atoms with E-state index in [1.807, 2.05) is 42.7 Å². The monoisotopic (exact) mass is 455 g/mol. The molecule has 4 aromatic rings. The van der Waals surface area contributed by atoms with Crippen molar-refractivity contribution in [2.24, 2.45) is 0 Å². The normalized spacial score (nSPS) is 11.0. The standard InChI is InChI=1S/C21H21N5OS3/c1-14-24-25-21(26(14)11-16-6-4-3-5-7-16)29-13-20(27)22-10-17-8-9-19(30-17)18-12-28-15(2)23-18/h3-9,12H,10-11,13H2,1-2H3,(H,22,27). The van der Waals surface area contributed by atoms with Crippen LogP contribution in [0.15, 0.2) is 53.0 Å². The van der Waals surface area contributed by atoms with E-state index in [1.54, 1.807) is 22.7 Å². The van der Waals surface area contributed by atoms with Gasteiger partial charge in [-0.3, -0.25) is 4.79 Å². The van der Waals surface area contributed by atoms with E-state index in [0.29, 0.717) is 18.8 Å². The minimum absolute atomic E-state index is 0.0219. The summed E-state index contributed by atoms with van der Waals surface area (Å²) in [7, 11) is 0. The first-order valence-corrected chi connectivity index (χ1v) is 12.1. The number of nitrogens with zero attached hydrogens (tertiary/aromatic N) is 4. The molecule has 6 nitrogen and oxygen atoms in total. The Balaban J connectivity index is 1.30. The molecule has 0 aliphatic rings. The molecule has 0 aliphatic carbocycles. The fraction of sp³-hybridized carbons (Fsp3) is 0.238. The van der Waals surface area contributed by atoms with Gasteiger partial charge in [0.1, 0.15) is 5.82 Å². The highest BCUT2D eigenvalue weighted by atomic mass is 32.2. The molecular weight excluding hydrogens is 434 g/mol. The molecule has 0 fully saturated rings. The third-order valence-corrected chi connectivity index (χ3v) is 7.26. The summed E-state index contributed by atoms with van der Waals surface area (Å²) in [6.07, 6.45) is 0. The van der Waals surface area contributed by atoms with Gasteiger partial charge < -0.3 is 9.88 Å². The Kier molecular flexibility index (Phi) is 6.61. The van der Waals surface area contributed by atoms with E-state index in [2.05, 4.69) is 44.1 Å². The lowest BCUT2D eigenvalue weighted by Crippen LogP contribution is -2.24. The number of nitrogens with one attached hydrogen (secondary N) is 1. The number of carbonyl (C=O) groups is 1. The van der Waals surface area contributed by atoms with Crippen molar-refractivity contribution < 1.29 is 4.79 Å². The van der Waals surface area contributed by atoms with E-state index in [0.717, 1.165) is 31.4 Å². The summed E-state index contributed by atoms with van der Waals surface area (Å²) in [4.78, 5) is 19.1. The molecule has 0 saturated carbocycles. The number of thiophene rings is 1. The number of rotatable bonds is 8. The molecule has 3 heterocycles. The van der Waals surface area contributed by atoms with Gasteiger partial charge in [-0.05, 0) is 31.5 Å². The summed E-state index contributed by atoms with van der Waals surface area (Å²) < 4.78 is 2.04. The Morgan fingerprint density at radius 2 is 1.97 bits per heavy atom. The largest absolute Gasteiger partial charge is 0.350 e. The molecule has 0 radical (unpaired) electrons. The first kappa shape index (κ1) is 20.8. The second-order valence-corrected chi connectivity index (χ2v) is 9.86. The van der Waals surface area contributed by atoms with Crippen LogP contribution in [-0.4, -0.2) is 31.4 Å². The van der Waals surface area contributed by atoms with Gasteiger partial charge in [0.05, 0.1) is 34.4 Å². The molecule has 1 aromatic carbocycles. The van der Waals surface area contributed by atoms with Crippen LogP contribution in [0.4, 0.5) is 0 Å². The Morgan fingerprint density at radius 3 is 2.73 bits per heavy atom. The maximum atomic E-state index is 12.4. The molecule has 9 heteroatoms. The Hall–Kier alpha value is -2.49. The predicted molar refractivity (Wildman–Crippen MR) is 123 cm³/mol. The van der Waals surface area contributed by atoms with Gasteiger partial charge in [-0.1, -0.05) is 42.1 Å². The van der Waals surface area contributed by atoms with Crippen molar-refractivity contribution in [2.75, 3.05) is 5.75 Å². The second-order valence-electron chi connectivity index (χ2n) is 6.68. The lowest BCUT2D eigenvalue weighted by molar-refractivity contribution is -0.118. The fourth-order valence-corrected chi connectivity index (χ4v) is 5.28. The molecule has 30 heavy (non-hydrogen) atoms. The Bertz CT molecular complexity index is 1130. The first-order chi connectivity index (χ1) is 14.6. The third kappa shape index (κ3) is 5.16. The van der Waals surface area contributed by atoms with Crippen LogP contribution in [0.1, 0.15) is 21.3 Å². The molecule has 154 valence electrons.